The minimum Gasteiger partial charge on any atom is -0.495 e. The Bertz CT molecular complexity index is 651. The first-order valence-electron chi connectivity index (χ1n) is 6.04. The van der Waals surface area contributed by atoms with Crippen LogP contribution in [0.5, 0.6) is 11.5 Å². The van der Waals surface area contributed by atoms with Crippen LogP contribution in [0.2, 0.25) is 0 Å². The quantitative estimate of drug-likeness (QED) is 0.689. The molecule has 0 radical (unpaired) electrons. The fourth-order valence-electron chi connectivity index (χ4n) is 1.76. The van der Waals surface area contributed by atoms with Crippen LogP contribution in [0.15, 0.2) is 40.9 Å². The van der Waals surface area contributed by atoms with Crippen LogP contribution in [0.25, 0.3) is 0 Å². The van der Waals surface area contributed by atoms with Crippen LogP contribution in [0.1, 0.15) is 10.4 Å². The normalized spacial score (nSPS) is 10.1. The Morgan fingerprint density at radius 3 is 2.24 bits per heavy atom. The van der Waals surface area contributed by atoms with Gasteiger partial charge in [0, 0.05) is 9.13 Å². The summed E-state index contributed by atoms with van der Waals surface area (Å²) in [5.74, 6) is 0.868. The van der Waals surface area contributed by atoms with E-state index in [4.69, 9.17) is 9.47 Å². The first kappa shape index (κ1) is 16.1. The molecule has 0 fully saturated rings. The number of amides is 1. The summed E-state index contributed by atoms with van der Waals surface area (Å²) >= 11 is 5.56. The predicted molar refractivity (Wildman–Crippen MR) is 94.4 cm³/mol. The van der Waals surface area contributed by atoms with Gasteiger partial charge in [-0.25, -0.2) is 0 Å². The molecule has 2 aromatic rings. The number of anilines is 1. The third-order valence-corrected chi connectivity index (χ3v) is 4.55. The molecule has 0 aliphatic rings. The SMILES string of the molecule is COc1cc(C(=O)Nc2ccccc2I)cc(OC)c1Br. The van der Waals surface area contributed by atoms with Crippen molar-refractivity contribution in [2.24, 2.45) is 0 Å². The number of hydrogen-bond donors (Lipinski definition) is 1. The highest BCUT2D eigenvalue weighted by Crippen LogP contribution is 2.35. The van der Waals surface area contributed by atoms with Gasteiger partial charge in [0.15, 0.2) is 0 Å². The molecule has 1 amide bonds. The number of carbonyl (C=O) groups is 1. The van der Waals surface area contributed by atoms with Gasteiger partial charge >= 0.3 is 0 Å². The molecule has 4 nitrogen and oxygen atoms in total. The molecule has 6 heteroatoms. The predicted octanol–water partition coefficient (Wildman–Crippen LogP) is 4.32. The van der Waals surface area contributed by atoms with Gasteiger partial charge in [0.05, 0.1) is 19.9 Å². The highest BCUT2D eigenvalue weighted by molar-refractivity contribution is 14.1. The number of nitrogens with one attached hydrogen (secondary N) is 1. The molecule has 0 spiro atoms. The second kappa shape index (κ2) is 7.13. The van der Waals surface area contributed by atoms with Gasteiger partial charge in [-0.2, -0.15) is 0 Å². The number of methoxy groups -OCH3 is 2. The summed E-state index contributed by atoms with van der Waals surface area (Å²) < 4.78 is 12.1. The van der Waals surface area contributed by atoms with Gasteiger partial charge in [0.25, 0.3) is 5.91 Å². The van der Waals surface area contributed by atoms with Crippen molar-refractivity contribution in [1.29, 1.82) is 0 Å². The smallest absolute Gasteiger partial charge is 0.255 e. The van der Waals surface area contributed by atoms with Crippen LogP contribution in [-0.2, 0) is 0 Å². The Morgan fingerprint density at radius 1 is 1.14 bits per heavy atom. The van der Waals surface area contributed by atoms with E-state index >= 15 is 0 Å². The van der Waals surface area contributed by atoms with Crippen molar-refractivity contribution in [2.75, 3.05) is 19.5 Å². The van der Waals surface area contributed by atoms with E-state index < -0.39 is 0 Å². The molecule has 0 aliphatic heterocycles. The zero-order valence-electron chi connectivity index (χ0n) is 11.4. The summed E-state index contributed by atoms with van der Waals surface area (Å²) in [7, 11) is 3.09. The maximum atomic E-state index is 12.4. The third kappa shape index (κ3) is 3.68. The molecule has 2 aromatic carbocycles. The maximum absolute atomic E-state index is 12.4. The van der Waals surface area contributed by atoms with Crippen molar-refractivity contribution in [3.63, 3.8) is 0 Å². The highest BCUT2D eigenvalue weighted by atomic mass is 127. The fraction of sp³-hybridized carbons (Fsp3) is 0.133. The van der Waals surface area contributed by atoms with Crippen LogP contribution in [-0.4, -0.2) is 20.1 Å². The Kier molecular flexibility index (Phi) is 5.46. The number of benzene rings is 2. The van der Waals surface area contributed by atoms with Crippen LogP contribution < -0.4 is 14.8 Å². The number of ether oxygens (including phenoxy) is 2. The van der Waals surface area contributed by atoms with E-state index in [-0.39, 0.29) is 5.91 Å². The van der Waals surface area contributed by atoms with Gasteiger partial charge in [-0.15, -0.1) is 0 Å². The van der Waals surface area contributed by atoms with Gasteiger partial charge in [0.2, 0.25) is 0 Å². The Morgan fingerprint density at radius 2 is 1.71 bits per heavy atom. The van der Waals surface area contributed by atoms with Crippen LogP contribution in [0.4, 0.5) is 5.69 Å². The van der Waals surface area contributed by atoms with Gasteiger partial charge in [-0.1, -0.05) is 12.1 Å². The van der Waals surface area contributed by atoms with E-state index in [0.29, 0.717) is 21.5 Å². The lowest BCUT2D eigenvalue weighted by molar-refractivity contribution is 0.102. The Balaban J connectivity index is 2.33. The molecule has 0 heterocycles. The number of carbonyl (C=O) groups excluding carboxylic acids is 1. The lowest BCUT2D eigenvalue weighted by atomic mass is 10.1. The number of para-hydroxylation sites is 1. The lowest BCUT2D eigenvalue weighted by Gasteiger charge is -2.12. The average molecular weight is 462 g/mol. The first-order valence-corrected chi connectivity index (χ1v) is 7.91. The molecule has 1 N–H and O–H groups in total. The average Bonchev–Trinajstić information content (AvgIpc) is 2.49. The summed E-state index contributed by atoms with van der Waals surface area (Å²) in [5, 5.41) is 2.88. The molecule has 21 heavy (non-hydrogen) atoms. The van der Waals surface area contributed by atoms with Crippen LogP contribution in [0.3, 0.4) is 0 Å². The topological polar surface area (TPSA) is 47.6 Å². The standard InChI is InChI=1S/C15H13BrINO3/c1-20-12-7-9(8-13(21-2)14(12)16)15(19)18-11-6-4-3-5-10(11)17/h3-8H,1-2H3,(H,18,19). The van der Waals surface area contributed by atoms with Crippen LogP contribution in [0, 0.1) is 3.57 Å². The van der Waals surface area contributed by atoms with E-state index in [1.807, 2.05) is 24.3 Å². The van der Waals surface area contributed by atoms with Crippen LogP contribution >= 0.6 is 38.5 Å². The zero-order valence-corrected chi connectivity index (χ0v) is 15.2. The second-order valence-electron chi connectivity index (χ2n) is 4.13. The molecule has 0 saturated heterocycles. The van der Waals surface area contributed by atoms with Crippen molar-refractivity contribution in [3.8, 4) is 11.5 Å². The van der Waals surface area contributed by atoms with Crippen molar-refractivity contribution in [2.45, 2.75) is 0 Å². The molecule has 0 bridgehead atoms. The minimum atomic E-state index is -0.219. The van der Waals surface area contributed by atoms with Gasteiger partial charge in [0.1, 0.15) is 16.0 Å². The van der Waals surface area contributed by atoms with Gasteiger partial charge < -0.3 is 14.8 Å². The van der Waals surface area contributed by atoms with E-state index in [9.17, 15) is 4.79 Å². The fourth-order valence-corrected chi connectivity index (χ4v) is 2.83. The molecule has 0 atom stereocenters. The summed E-state index contributed by atoms with van der Waals surface area (Å²) in [6, 6.07) is 10.9. The highest BCUT2D eigenvalue weighted by Gasteiger charge is 2.15. The Hall–Kier alpha value is -1.28. The molecule has 0 unspecified atom stereocenters. The maximum Gasteiger partial charge on any atom is 0.255 e. The molecule has 0 aromatic heterocycles. The first-order chi connectivity index (χ1) is 10.1. The van der Waals surface area contributed by atoms with E-state index in [0.717, 1.165) is 9.26 Å². The summed E-state index contributed by atoms with van der Waals surface area (Å²) in [4.78, 5) is 12.4. The molecule has 110 valence electrons. The van der Waals surface area contributed by atoms with Crippen molar-refractivity contribution in [1.82, 2.24) is 0 Å². The minimum absolute atomic E-state index is 0.219. The Labute approximate surface area is 145 Å². The zero-order chi connectivity index (χ0) is 15.4. The molecular weight excluding hydrogens is 449 g/mol. The number of rotatable bonds is 4. The second-order valence-corrected chi connectivity index (χ2v) is 6.08. The number of halogens is 2. The van der Waals surface area contributed by atoms with E-state index in [2.05, 4.69) is 43.8 Å². The van der Waals surface area contributed by atoms with Crippen molar-refractivity contribution >= 4 is 50.1 Å². The van der Waals surface area contributed by atoms with Gasteiger partial charge in [-0.3, -0.25) is 4.79 Å². The summed E-state index contributed by atoms with van der Waals surface area (Å²) in [6.45, 7) is 0. The largest absolute Gasteiger partial charge is 0.495 e. The summed E-state index contributed by atoms with van der Waals surface area (Å²) in [5.41, 5.74) is 1.23. The van der Waals surface area contributed by atoms with Crippen molar-refractivity contribution < 1.29 is 14.3 Å². The monoisotopic (exact) mass is 461 g/mol. The number of hydrogen-bond acceptors (Lipinski definition) is 3. The lowest BCUT2D eigenvalue weighted by Crippen LogP contribution is -2.13. The molecule has 0 aliphatic carbocycles. The van der Waals surface area contributed by atoms with E-state index in [1.165, 1.54) is 0 Å². The third-order valence-electron chi connectivity index (χ3n) is 2.83. The van der Waals surface area contributed by atoms with Crippen molar-refractivity contribution in [3.05, 3.63) is 50.0 Å². The molecular formula is C15H13BrINO3. The molecule has 2 rings (SSSR count). The summed E-state index contributed by atoms with van der Waals surface area (Å²) in [6.07, 6.45) is 0. The van der Waals surface area contributed by atoms with Gasteiger partial charge in [-0.05, 0) is 62.8 Å². The van der Waals surface area contributed by atoms with E-state index in [1.54, 1.807) is 26.4 Å². The molecule has 0 saturated carbocycles.